The molecule has 3 unspecified atom stereocenters. The van der Waals surface area contributed by atoms with Crippen molar-refractivity contribution in [2.45, 2.75) is 38.7 Å². The van der Waals surface area contributed by atoms with Crippen molar-refractivity contribution in [3.05, 3.63) is 30.2 Å². The number of oxazole rings is 1. The summed E-state index contributed by atoms with van der Waals surface area (Å²) in [6.45, 7) is 1.91. The number of benzene rings is 1. The lowest BCUT2D eigenvalue weighted by Gasteiger charge is -2.27. The molecule has 3 atom stereocenters. The molecule has 8 heteroatoms. The summed E-state index contributed by atoms with van der Waals surface area (Å²) in [6, 6.07) is 7.10. The second kappa shape index (κ2) is 7.98. The molecule has 1 aromatic heterocycles. The Morgan fingerprint density at radius 2 is 2.07 bits per heavy atom. The molecule has 3 N–H and O–H groups in total. The molecule has 0 aliphatic heterocycles. The third kappa shape index (κ3) is 4.87. The van der Waals surface area contributed by atoms with Gasteiger partial charge in [0.25, 0.3) is 0 Å². The zero-order valence-corrected chi connectivity index (χ0v) is 16.2. The Labute approximate surface area is 158 Å². The van der Waals surface area contributed by atoms with Gasteiger partial charge in [0.1, 0.15) is 11.6 Å². The normalized spacial score (nSPS) is 18.3. The largest absolute Gasteiger partial charge is 0.438 e. The van der Waals surface area contributed by atoms with Crippen LogP contribution in [0.2, 0.25) is 0 Å². The van der Waals surface area contributed by atoms with E-state index >= 15 is 0 Å². The first-order valence-corrected chi connectivity index (χ1v) is 11.2. The predicted molar refractivity (Wildman–Crippen MR) is 101 cm³/mol. The number of carbonyl (C=O) groups excluding carboxylic acids is 1. The number of sulfone groups is 1. The van der Waals surface area contributed by atoms with E-state index in [4.69, 9.17) is 10.2 Å². The maximum absolute atomic E-state index is 12.5. The lowest BCUT2D eigenvalue weighted by atomic mass is 9.84. The van der Waals surface area contributed by atoms with Crippen LogP contribution in [0.4, 0.5) is 0 Å². The minimum atomic E-state index is -3.43. The number of carbonyl (C=O) groups is 1. The standard InChI is InChI=1S/C19H26N2O5S/c1-2-5-13(14(18(20)23)11-27(24,25)10-12-8-9-12)17(22)19-21-15-6-3-4-7-16(15)26-19/h3-4,6-7,12-14,17,22H,2,5,8-11H2,1H3,(H2,20,23). The Balaban J connectivity index is 1.86. The molecule has 1 aliphatic rings. The second-order valence-corrected chi connectivity index (χ2v) is 9.60. The van der Waals surface area contributed by atoms with E-state index in [0.29, 0.717) is 23.9 Å². The number of aliphatic hydroxyl groups is 1. The van der Waals surface area contributed by atoms with E-state index in [1.807, 2.05) is 6.92 Å². The van der Waals surface area contributed by atoms with Crippen LogP contribution >= 0.6 is 0 Å². The van der Waals surface area contributed by atoms with Crippen LogP contribution in [0.15, 0.2) is 28.7 Å². The number of nitrogens with zero attached hydrogens (tertiary/aromatic N) is 1. The van der Waals surface area contributed by atoms with Crippen LogP contribution in [0.25, 0.3) is 11.1 Å². The van der Waals surface area contributed by atoms with E-state index in [0.717, 1.165) is 12.8 Å². The Bertz CT molecular complexity index is 871. The van der Waals surface area contributed by atoms with Crippen LogP contribution in [0.1, 0.15) is 44.6 Å². The first-order chi connectivity index (χ1) is 12.8. The van der Waals surface area contributed by atoms with Crippen molar-refractivity contribution < 1.29 is 22.7 Å². The van der Waals surface area contributed by atoms with Gasteiger partial charge < -0.3 is 15.3 Å². The van der Waals surface area contributed by atoms with Crippen molar-refractivity contribution in [3.8, 4) is 0 Å². The fourth-order valence-corrected chi connectivity index (χ4v) is 5.66. The molecule has 1 fully saturated rings. The summed E-state index contributed by atoms with van der Waals surface area (Å²) in [4.78, 5) is 16.4. The Morgan fingerprint density at radius 1 is 1.37 bits per heavy atom. The molecule has 0 spiro atoms. The molecular weight excluding hydrogens is 368 g/mol. The number of amides is 1. The van der Waals surface area contributed by atoms with Crippen molar-refractivity contribution in [2.24, 2.45) is 23.5 Å². The third-order valence-electron chi connectivity index (χ3n) is 5.09. The molecule has 1 saturated carbocycles. The lowest BCUT2D eigenvalue weighted by molar-refractivity contribution is -0.124. The van der Waals surface area contributed by atoms with E-state index in [1.165, 1.54) is 0 Å². The van der Waals surface area contributed by atoms with E-state index in [2.05, 4.69) is 4.98 Å². The van der Waals surface area contributed by atoms with E-state index in [9.17, 15) is 18.3 Å². The van der Waals surface area contributed by atoms with Gasteiger partial charge in [0.05, 0.1) is 17.4 Å². The predicted octanol–water partition coefficient (Wildman–Crippen LogP) is 2.20. The number of aromatic nitrogens is 1. The lowest BCUT2D eigenvalue weighted by Crippen LogP contribution is -2.39. The maximum Gasteiger partial charge on any atom is 0.224 e. The number of primary amides is 1. The van der Waals surface area contributed by atoms with Gasteiger partial charge in [0, 0.05) is 5.92 Å². The molecule has 7 nitrogen and oxygen atoms in total. The molecule has 0 bridgehead atoms. The highest BCUT2D eigenvalue weighted by Gasteiger charge is 2.39. The van der Waals surface area contributed by atoms with Crippen molar-refractivity contribution in [1.82, 2.24) is 4.98 Å². The Hall–Kier alpha value is -1.93. The van der Waals surface area contributed by atoms with Gasteiger partial charge in [-0.1, -0.05) is 25.5 Å². The molecule has 1 heterocycles. The summed E-state index contributed by atoms with van der Waals surface area (Å²) < 4.78 is 30.6. The average Bonchev–Trinajstić information content (AvgIpc) is 3.30. The van der Waals surface area contributed by atoms with Gasteiger partial charge in [-0.15, -0.1) is 0 Å². The van der Waals surface area contributed by atoms with Gasteiger partial charge in [-0.25, -0.2) is 13.4 Å². The summed E-state index contributed by atoms with van der Waals surface area (Å²) in [7, 11) is -3.43. The van der Waals surface area contributed by atoms with Crippen LogP contribution in [0.5, 0.6) is 0 Å². The summed E-state index contributed by atoms with van der Waals surface area (Å²) in [5, 5.41) is 10.9. The number of fused-ring (bicyclic) bond motifs is 1. The number of para-hydroxylation sites is 2. The maximum atomic E-state index is 12.5. The number of nitrogens with two attached hydrogens (primary N) is 1. The first-order valence-electron chi connectivity index (χ1n) is 9.34. The quantitative estimate of drug-likeness (QED) is 0.637. The van der Waals surface area contributed by atoms with E-state index in [1.54, 1.807) is 24.3 Å². The molecule has 1 aliphatic carbocycles. The summed E-state index contributed by atoms with van der Waals surface area (Å²) in [5.74, 6) is -2.37. The van der Waals surface area contributed by atoms with Crippen LogP contribution in [-0.2, 0) is 14.6 Å². The van der Waals surface area contributed by atoms with Crippen LogP contribution in [-0.4, -0.2) is 35.9 Å². The number of hydrogen-bond donors (Lipinski definition) is 2. The zero-order chi connectivity index (χ0) is 19.6. The first kappa shape index (κ1) is 19.8. The third-order valence-corrected chi connectivity index (χ3v) is 6.94. The van der Waals surface area contributed by atoms with Crippen LogP contribution in [0.3, 0.4) is 0 Å². The number of aliphatic hydroxyl groups excluding tert-OH is 1. The van der Waals surface area contributed by atoms with Gasteiger partial charge in [-0.2, -0.15) is 0 Å². The van der Waals surface area contributed by atoms with Gasteiger partial charge in [0.15, 0.2) is 15.4 Å². The molecule has 27 heavy (non-hydrogen) atoms. The molecule has 0 radical (unpaired) electrons. The van der Waals surface area contributed by atoms with Gasteiger partial charge in [-0.3, -0.25) is 4.79 Å². The average molecular weight is 394 g/mol. The molecule has 1 amide bonds. The highest BCUT2D eigenvalue weighted by Crippen LogP contribution is 2.36. The summed E-state index contributed by atoms with van der Waals surface area (Å²) in [5.41, 5.74) is 6.67. The van der Waals surface area contributed by atoms with Crippen molar-refractivity contribution >= 4 is 26.8 Å². The van der Waals surface area contributed by atoms with Crippen molar-refractivity contribution in [2.75, 3.05) is 11.5 Å². The van der Waals surface area contributed by atoms with Crippen molar-refractivity contribution in [1.29, 1.82) is 0 Å². The fraction of sp³-hybridized carbons (Fsp3) is 0.579. The molecule has 2 aromatic rings. The second-order valence-electron chi connectivity index (χ2n) is 7.45. The minimum Gasteiger partial charge on any atom is -0.438 e. The topological polar surface area (TPSA) is 123 Å². The number of hydrogen-bond acceptors (Lipinski definition) is 6. The molecule has 3 rings (SSSR count). The fourth-order valence-electron chi connectivity index (χ4n) is 3.51. The van der Waals surface area contributed by atoms with Crippen LogP contribution in [0, 0.1) is 17.8 Å². The van der Waals surface area contributed by atoms with Gasteiger partial charge in [-0.05, 0) is 37.3 Å². The number of rotatable bonds is 10. The monoisotopic (exact) mass is 394 g/mol. The Morgan fingerprint density at radius 3 is 2.67 bits per heavy atom. The highest BCUT2D eigenvalue weighted by molar-refractivity contribution is 7.91. The molecule has 148 valence electrons. The van der Waals surface area contributed by atoms with Gasteiger partial charge in [0.2, 0.25) is 11.8 Å². The zero-order valence-electron chi connectivity index (χ0n) is 15.4. The molecular formula is C19H26N2O5S. The van der Waals surface area contributed by atoms with Crippen molar-refractivity contribution in [3.63, 3.8) is 0 Å². The Kier molecular flexibility index (Phi) is 5.86. The molecule has 1 aromatic carbocycles. The van der Waals surface area contributed by atoms with E-state index < -0.39 is 33.7 Å². The van der Waals surface area contributed by atoms with E-state index in [-0.39, 0.29) is 23.3 Å². The SMILES string of the molecule is CCCC(C(CS(=O)(=O)CC1CC1)C(N)=O)C(O)c1nc2ccccc2o1. The summed E-state index contributed by atoms with van der Waals surface area (Å²) >= 11 is 0. The van der Waals surface area contributed by atoms with Crippen LogP contribution < -0.4 is 5.73 Å². The smallest absolute Gasteiger partial charge is 0.224 e. The van der Waals surface area contributed by atoms with Gasteiger partial charge >= 0.3 is 0 Å². The highest BCUT2D eigenvalue weighted by atomic mass is 32.2. The summed E-state index contributed by atoms with van der Waals surface area (Å²) in [6.07, 6.45) is 1.71. The molecule has 0 saturated heterocycles. The minimum absolute atomic E-state index is 0.0780.